The highest BCUT2D eigenvalue weighted by Gasteiger charge is 2.38. The summed E-state index contributed by atoms with van der Waals surface area (Å²) in [6.07, 6.45) is 0.467. The Morgan fingerprint density at radius 1 is 1.30 bits per heavy atom. The number of methoxy groups -OCH3 is 1. The van der Waals surface area contributed by atoms with Gasteiger partial charge in [0.25, 0.3) is 0 Å². The van der Waals surface area contributed by atoms with Gasteiger partial charge in [-0.15, -0.1) is 0 Å². The van der Waals surface area contributed by atoms with Crippen molar-refractivity contribution in [1.82, 2.24) is 9.97 Å². The normalized spacial score (nSPS) is 17.8. The van der Waals surface area contributed by atoms with Crippen LogP contribution in [-0.2, 0) is 4.74 Å². The van der Waals surface area contributed by atoms with Gasteiger partial charge < -0.3 is 14.8 Å². The second-order valence-corrected chi connectivity index (χ2v) is 6.76. The van der Waals surface area contributed by atoms with Crippen molar-refractivity contribution < 1.29 is 18.7 Å². The molecule has 0 radical (unpaired) electrons. The number of benzene rings is 1. The molecule has 3 rings (SSSR count). The number of carbonyl (C=O) groups excluding carboxylic acids is 1. The maximum absolute atomic E-state index is 14.4. The van der Waals surface area contributed by atoms with E-state index in [1.807, 2.05) is 45.0 Å². The van der Waals surface area contributed by atoms with E-state index < -0.39 is 11.9 Å². The summed E-state index contributed by atoms with van der Waals surface area (Å²) in [5.74, 6) is 0.355. The average Bonchev–Trinajstić information content (AvgIpc) is 3.05. The molecule has 0 saturated carbocycles. The minimum atomic E-state index is -0.665. The number of cyclic esters (lactones) is 1. The third-order valence-corrected chi connectivity index (χ3v) is 4.59. The largest absolute Gasteiger partial charge is 0.497 e. The van der Waals surface area contributed by atoms with E-state index in [-0.39, 0.29) is 36.4 Å². The summed E-state index contributed by atoms with van der Waals surface area (Å²) >= 11 is 0. The van der Waals surface area contributed by atoms with Crippen LogP contribution in [-0.4, -0.2) is 35.8 Å². The first-order valence-electron chi connectivity index (χ1n) is 8.79. The summed E-state index contributed by atoms with van der Waals surface area (Å²) in [5, 5.41) is 3.14. The fourth-order valence-corrected chi connectivity index (χ4v) is 2.94. The van der Waals surface area contributed by atoms with Gasteiger partial charge in [0.1, 0.15) is 12.4 Å². The molecule has 1 N–H and O–H groups in total. The molecule has 1 amide bonds. The molecule has 0 bridgehead atoms. The van der Waals surface area contributed by atoms with Gasteiger partial charge in [-0.05, 0) is 30.5 Å². The lowest BCUT2D eigenvalue weighted by molar-refractivity contribution is 0.177. The zero-order chi connectivity index (χ0) is 19.6. The molecule has 7 nitrogen and oxygen atoms in total. The van der Waals surface area contributed by atoms with Crippen molar-refractivity contribution in [2.24, 2.45) is 5.92 Å². The molecule has 1 aliphatic heterocycles. The number of halogens is 1. The number of ether oxygens (including phenoxy) is 2. The Morgan fingerprint density at radius 3 is 2.63 bits per heavy atom. The van der Waals surface area contributed by atoms with Gasteiger partial charge in [0.05, 0.1) is 25.4 Å². The molecule has 1 aromatic heterocycles. The summed E-state index contributed by atoms with van der Waals surface area (Å²) in [6.45, 7) is 6.05. The minimum Gasteiger partial charge on any atom is -0.497 e. The standard InChI is InChI=1S/C19H23FN4O3/c1-11(2)16-10-27-19(25)24(16)17-15(20)9-21-18(23-17)22-12(3)13-5-7-14(26-4)8-6-13/h5-9,11-12,16H,10H2,1-4H3,(H,21,22,23). The van der Waals surface area contributed by atoms with Crippen LogP contribution in [0, 0.1) is 11.7 Å². The van der Waals surface area contributed by atoms with E-state index in [0.29, 0.717) is 0 Å². The molecule has 2 heterocycles. The van der Waals surface area contributed by atoms with Gasteiger partial charge in [0.15, 0.2) is 11.6 Å². The Morgan fingerprint density at radius 2 is 2.00 bits per heavy atom. The van der Waals surface area contributed by atoms with E-state index in [0.717, 1.165) is 17.5 Å². The summed E-state index contributed by atoms with van der Waals surface area (Å²) in [4.78, 5) is 21.6. The second-order valence-electron chi connectivity index (χ2n) is 6.76. The van der Waals surface area contributed by atoms with Crippen LogP contribution in [0.15, 0.2) is 30.5 Å². The molecular formula is C19H23FN4O3. The first-order chi connectivity index (χ1) is 12.9. The Labute approximate surface area is 157 Å². The number of anilines is 2. The first kappa shape index (κ1) is 18.9. The summed E-state index contributed by atoms with van der Waals surface area (Å²) < 4.78 is 24.6. The fraction of sp³-hybridized carbons (Fsp3) is 0.421. The van der Waals surface area contributed by atoms with Gasteiger partial charge in [-0.25, -0.2) is 14.2 Å². The molecule has 8 heteroatoms. The Balaban J connectivity index is 1.83. The molecule has 1 fully saturated rings. The third-order valence-electron chi connectivity index (χ3n) is 4.59. The lowest BCUT2D eigenvalue weighted by Crippen LogP contribution is -2.38. The van der Waals surface area contributed by atoms with E-state index in [9.17, 15) is 9.18 Å². The van der Waals surface area contributed by atoms with Crippen molar-refractivity contribution >= 4 is 17.9 Å². The highest BCUT2D eigenvalue weighted by Crippen LogP contribution is 2.29. The van der Waals surface area contributed by atoms with E-state index in [1.165, 1.54) is 4.90 Å². The number of rotatable bonds is 6. The van der Waals surface area contributed by atoms with Gasteiger partial charge in [0.2, 0.25) is 5.95 Å². The molecule has 2 atom stereocenters. The maximum Gasteiger partial charge on any atom is 0.416 e. The molecule has 1 aliphatic rings. The zero-order valence-electron chi connectivity index (χ0n) is 15.8. The van der Waals surface area contributed by atoms with Crippen molar-refractivity contribution in [3.8, 4) is 5.75 Å². The SMILES string of the molecule is COc1ccc(C(C)Nc2ncc(F)c(N3C(=O)OCC3C(C)C)n2)cc1. The molecule has 1 aromatic carbocycles. The Bertz CT molecular complexity index is 813. The molecule has 2 aromatic rings. The summed E-state index contributed by atoms with van der Waals surface area (Å²) in [7, 11) is 1.61. The molecule has 0 aliphatic carbocycles. The van der Waals surface area contributed by atoms with E-state index in [4.69, 9.17) is 9.47 Å². The van der Waals surface area contributed by atoms with Crippen molar-refractivity contribution in [2.75, 3.05) is 23.9 Å². The van der Waals surface area contributed by atoms with Crippen LogP contribution in [0.25, 0.3) is 0 Å². The summed E-state index contributed by atoms with van der Waals surface area (Å²) in [5.41, 5.74) is 0.992. The third kappa shape index (κ3) is 3.94. The number of amides is 1. The van der Waals surface area contributed by atoms with Gasteiger partial charge >= 0.3 is 6.09 Å². The van der Waals surface area contributed by atoms with Crippen LogP contribution < -0.4 is 15.0 Å². The topological polar surface area (TPSA) is 76.6 Å². The molecule has 0 spiro atoms. The highest BCUT2D eigenvalue weighted by molar-refractivity contribution is 5.89. The van der Waals surface area contributed by atoms with Crippen molar-refractivity contribution in [3.05, 3.63) is 41.8 Å². The van der Waals surface area contributed by atoms with Crippen LogP contribution in [0.5, 0.6) is 5.75 Å². The Kier molecular flexibility index (Phi) is 5.43. The number of hydrogen-bond donors (Lipinski definition) is 1. The Hall–Kier alpha value is -2.90. The van der Waals surface area contributed by atoms with Gasteiger partial charge in [-0.1, -0.05) is 26.0 Å². The quantitative estimate of drug-likeness (QED) is 0.829. The number of nitrogens with zero attached hydrogens (tertiary/aromatic N) is 3. The van der Waals surface area contributed by atoms with Crippen LogP contribution in [0.4, 0.5) is 21.0 Å². The van der Waals surface area contributed by atoms with Crippen molar-refractivity contribution in [3.63, 3.8) is 0 Å². The monoisotopic (exact) mass is 374 g/mol. The number of aromatic nitrogens is 2. The first-order valence-corrected chi connectivity index (χ1v) is 8.79. The average molecular weight is 374 g/mol. The second kappa shape index (κ2) is 7.77. The maximum atomic E-state index is 14.4. The van der Waals surface area contributed by atoms with Crippen LogP contribution in [0.3, 0.4) is 0 Å². The van der Waals surface area contributed by atoms with E-state index in [1.54, 1.807) is 7.11 Å². The van der Waals surface area contributed by atoms with Gasteiger partial charge in [-0.2, -0.15) is 4.98 Å². The fourth-order valence-electron chi connectivity index (χ4n) is 2.94. The predicted octanol–water partition coefficient (Wildman–Crippen LogP) is 3.78. The van der Waals surface area contributed by atoms with Crippen LogP contribution in [0.1, 0.15) is 32.4 Å². The molecule has 1 saturated heterocycles. The highest BCUT2D eigenvalue weighted by atomic mass is 19.1. The van der Waals surface area contributed by atoms with Crippen molar-refractivity contribution in [2.45, 2.75) is 32.9 Å². The number of carbonyl (C=O) groups is 1. The summed E-state index contributed by atoms with van der Waals surface area (Å²) in [6, 6.07) is 7.17. The minimum absolute atomic E-state index is 0.0735. The zero-order valence-corrected chi connectivity index (χ0v) is 15.8. The van der Waals surface area contributed by atoms with Crippen molar-refractivity contribution in [1.29, 1.82) is 0 Å². The molecule has 2 unspecified atom stereocenters. The number of hydrogen-bond acceptors (Lipinski definition) is 6. The van der Waals surface area contributed by atoms with E-state index >= 15 is 0 Å². The van der Waals surface area contributed by atoms with Crippen LogP contribution >= 0.6 is 0 Å². The number of nitrogens with one attached hydrogen (secondary N) is 1. The van der Waals surface area contributed by atoms with Crippen LogP contribution in [0.2, 0.25) is 0 Å². The van der Waals surface area contributed by atoms with Gasteiger partial charge in [0, 0.05) is 0 Å². The lowest BCUT2D eigenvalue weighted by Gasteiger charge is -2.24. The predicted molar refractivity (Wildman–Crippen MR) is 99.5 cm³/mol. The van der Waals surface area contributed by atoms with Gasteiger partial charge in [-0.3, -0.25) is 4.90 Å². The lowest BCUT2D eigenvalue weighted by atomic mass is 10.0. The molecule has 144 valence electrons. The smallest absolute Gasteiger partial charge is 0.416 e. The van der Waals surface area contributed by atoms with E-state index in [2.05, 4.69) is 15.3 Å². The molecular weight excluding hydrogens is 351 g/mol. The molecule has 27 heavy (non-hydrogen) atoms.